The minimum Gasteiger partial charge on any atom is -0.444 e. The van der Waals surface area contributed by atoms with Gasteiger partial charge < -0.3 is 19.7 Å². The van der Waals surface area contributed by atoms with E-state index in [1.54, 1.807) is 4.90 Å². The number of hydrogen-bond donors (Lipinski definition) is 1. The van der Waals surface area contributed by atoms with Crippen LogP contribution in [0.25, 0.3) is 0 Å². The highest BCUT2D eigenvalue weighted by Crippen LogP contribution is 2.16. The first kappa shape index (κ1) is 14.6. The monoisotopic (exact) mass is 270 g/mol. The van der Waals surface area contributed by atoms with Gasteiger partial charge in [0.1, 0.15) is 5.60 Å². The zero-order chi connectivity index (χ0) is 13.9. The van der Waals surface area contributed by atoms with Crippen molar-refractivity contribution in [3.05, 3.63) is 0 Å². The lowest BCUT2D eigenvalue weighted by atomic mass is 10.2. The molecular weight excluding hydrogens is 244 g/mol. The fourth-order valence-electron chi connectivity index (χ4n) is 2.52. The summed E-state index contributed by atoms with van der Waals surface area (Å²) in [7, 11) is 0. The average molecular weight is 270 g/mol. The average Bonchev–Trinajstić information content (AvgIpc) is 2.96. The van der Waals surface area contributed by atoms with Crippen molar-refractivity contribution in [1.29, 1.82) is 0 Å². The fraction of sp³-hybridized carbons (Fsp3) is 0.929. The van der Waals surface area contributed by atoms with E-state index < -0.39 is 5.60 Å². The van der Waals surface area contributed by atoms with Gasteiger partial charge >= 0.3 is 6.09 Å². The molecule has 0 aliphatic carbocycles. The molecule has 0 bridgehead atoms. The first-order valence-electron chi connectivity index (χ1n) is 7.27. The lowest BCUT2D eigenvalue weighted by Gasteiger charge is -2.24. The first-order chi connectivity index (χ1) is 8.94. The summed E-state index contributed by atoms with van der Waals surface area (Å²) >= 11 is 0. The number of hydrogen-bond acceptors (Lipinski definition) is 4. The second kappa shape index (κ2) is 6.09. The Hall–Kier alpha value is -0.810. The number of rotatable bonds is 3. The van der Waals surface area contributed by atoms with Crippen molar-refractivity contribution in [2.75, 3.05) is 26.2 Å². The molecule has 0 aromatic rings. The maximum Gasteiger partial charge on any atom is 0.410 e. The van der Waals surface area contributed by atoms with Gasteiger partial charge in [0.05, 0.1) is 6.10 Å². The zero-order valence-electron chi connectivity index (χ0n) is 12.3. The van der Waals surface area contributed by atoms with Crippen LogP contribution in [0.4, 0.5) is 4.79 Å². The molecule has 2 fully saturated rings. The van der Waals surface area contributed by atoms with Crippen molar-refractivity contribution in [2.45, 2.75) is 57.8 Å². The molecule has 2 unspecified atom stereocenters. The standard InChI is InChI=1S/C14H26N2O3/c1-14(2,3)19-13(17)16-7-6-11(10-16)15-9-12-5-4-8-18-12/h11-12,15H,4-10H2,1-3H3. The van der Waals surface area contributed by atoms with Crippen LogP contribution in [0.5, 0.6) is 0 Å². The summed E-state index contributed by atoms with van der Waals surface area (Å²) in [6.07, 6.45) is 3.46. The van der Waals surface area contributed by atoms with E-state index in [0.29, 0.717) is 12.1 Å². The lowest BCUT2D eigenvalue weighted by Crippen LogP contribution is -2.40. The third kappa shape index (κ3) is 4.66. The van der Waals surface area contributed by atoms with Crippen LogP contribution >= 0.6 is 0 Å². The summed E-state index contributed by atoms with van der Waals surface area (Å²) in [5, 5.41) is 3.50. The summed E-state index contributed by atoms with van der Waals surface area (Å²) < 4.78 is 11.0. The number of likely N-dealkylation sites (tertiary alicyclic amines) is 1. The molecule has 0 spiro atoms. The van der Waals surface area contributed by atoms with Gasteiger partial charge in [0.2, 0.25) is 0 Å². The smallest absolute Gasteiger partial charge is 0.410 e. The normalized spacial score (nSPS) is 27.8. The van der Waals surface area contributed by atoms with Gasteiger partial charge in [-0.1, -0.05) is 0 Å². The van der Waals surface area contributed by atoms with Gasteiger partial charge in [0.15, 0.2) is 0 Å². The molecule has 2 atom stereocenters. The number of carbonyl (C=O) groups is 1. The molecule has 2 aliphatic heterocycles. The van der Waals surface area contributed by atoms with E-state index in [4.69, 9.17) is 9.47 Å². The number of amides is 1. The maximum absolute atomic E-state index is 11.9. The first-order valence-corrected chi connectivity index (χ1v) is 7.27. The number of carbonyl (C=O) groups excluding carboxylic acids is 1. The lowest BCUT2D eigenvalue weighted by molar-refractivity contribution is 0.0290. The van der Waals surface area contributed by atoms with Gasteiger partial charge in [-0.25, -0.2) is 4.79 Å². The SMILES string of the molecule is CC(C)(C)OC(=O)N1CCC(NCC2CCCO2)C1. The second-order valence-corrected chi connectivity index (χ2v) is 6.46. The summed E-state index contributed by atoms with van der Waals surface area (Å²) in [6, 6.07) is 0.372. The van der Waals surface area contributed by atoms with E-state index in [-0.39, 0.29) is 6.09 Å². The minimum absolute atomic E-state index is 0.200. The fourth-order valence-corrected chi connectivity index (χ4v) is 2.52. The molecule has 2 heterocycles. The Kier molecular flexibility index (Phi) is 4.68. The van der Waals surface area contributed by atoms with Gasteiger partial charge in [0, 0.05) is 32.3 Å². The summed E-state index contributed by atoms with van der Waals surface area (Å²) in [4.78, 5) is 13.7. The Bertz CT molecular complexity index is 308. The minimum atomic E-state index is -0.416. The maximum atomic E-state index is 11.9. The molecular formula is C14H26N2O3. The Morgan fingerprint density at radius 3 is 2.84 bits per heavy atom. The predicted molar refractivity (Wildman–Crippen MR) is 73.2 cm³/mol. The van der Waals surface area contributed by atoms with Crippen molar-refractivity contribution >= 4 is 6.09 Å². The molecule has 0 saturated carbocycles. The molecule has 0 radical (unpaired) electrons. The van der Waals surface area contributed by atoms with Crippen LogP contribution in [0.1, 0.15) is 40.0 Å². The third-order valence-corrected chi connectivity index (χ3v) is 3.50. The molecule has 1 N–H and O–H groups in total. The molecule has 5 nitrogen and oxygen atoms in total. The highest BCUT2D eigenvalue weighted by Gasteiger charge is 2.30. The topological polar surface area (TPSA) is 50.8 Å². The van der Waals surface area contributed by atoms with Crippen molar-refractivity contribution in [2.24, 2.45) is 0 Å². The van der Waals surface area contributed by atoms with Gasteiger partial charge in [0.25, 0.3) is 0 Å². The summed E-state index contributed by atoms with van der Waals surface area (Å²) in [5.41, 5.74) is -0.416. The van der Waals surface area contributed by atoms with E-state index in [2.05, 4.69) is 5.32 Å². The summed E-state index contributed by atoms with van der Waals surface area (Å²) in [5.74, 6) is 0. The van der Waals surface area contributed by atoms with Crippen LogP contribution in [-0.2, 0) is 9.47 Å². The Balaban J connectivity index is 1.68. The highest BCUT2D eigenvalue weighted by atomic mass is 16.6. The third-order valence-electron chi connectivity index (χ3n) is 3.50. The van der Waals surface area contributed by atoms with E-state index >= 15 is 0 Å². The molecule has 19 heavy (non-hydrogen) atoms. The van der Waals surface area contributed by atoms with Crippen molar-refractivity contribution in [3.63, 3.8) is 0 Å². The number of nitrogens with one attached hydrogen (secondary N) is 1. The number of nitrogens with zero attached hydrogens (tertiary/aromatic N) is 1. The van der Waals surface area contributed by atoms with Crippen LogP contribution < -0.4 is 5.32 Å². The van der Waals surface area contributed by atoms with Crippen LogP contribution in [0.3, 0.4) is 0 Å². The van der Waals surface area contributed by atoms with E-state index in [9.17, 15) is 4.79 Å². The molecule has 2 saturated heterocycles. The van der Waals surface area contributed by atoms with Gasteiger partial charge in [-0.15, -0.1) is 0 Å². The zero-order valence-corrected chi connectivity index (χ0v) is 12.3. The van der Waals surface area contributed by atoms with E-state index in [1.165, 1.54) is 6.42 Å². The van der Waals surface area contributed by atoms with Crippen LogP contribution in [-0.4, -0.2) is 55.0 Å². The Labute approximate surface area is 115 Å². The van der Waals surface area contributed by atoms with E-state index in [1.807, 2.05) is 20.8 Å². The van der Waals surface area contributed by atoms with Gasteiger partial charge in [-0.05, 0) is 40.0 Å². The van der Waals surface area contributed by atoms with Gasteiger partial charge in [-0.2, -0.15) is 0 Å². The Morgan fingerprint density at radius 2 is 2.21 bits per heavy atom. The van der Waals surface area contributed by atoms with Crippen LogP contribution in [0, 0.1) is 0 Å². The Morgan fingerprint density at radius 1 is 1.42 bits per heavy atom. The van der Waals surface area contributed by atoms with Crippen molar-refractivity contribution in [1.82, 2.24) is 10.2 Å². The molecule has 110 valence electrons. The highest BCUT2D eigenvalue weighted by molar-refractivity contribution is 5.68. The molecule has 2 aliphatic rings. The van der Waals surface area contributed by atoms with Gasteiger partial charge in [-0.3, -0.25) is 0 Å². The molecule has 0 aromatic heterocycles. The molecule has 0 aromatic carbocycles. The van der Waals surface area contributed by atoms with Crippen LogP contribution in [0.2, 0.25) is 0 Å². The second-order valence-electron chi connectivity index (χ2n) is 6.46. The van der Waals surface area contributed by atoms with Crippen molar-refractivity contribution in [3.8, 4) is 0 Å². The number of ether oxygens (including phenoxy) is 2. The molecule has 5 heteroatoms. The van der Waals surface area contributed by atoms with Crippen molar-refractivity contribution < 1.29 is 14.3 Å². The largest absolute Gasteiger partial charge is 0.444 e. The quantitative estimate of drug-likeness (QED) is 0.849. The summed E-state index contributed by atoms with van der Waals surface area (Å²) in [6.45, 7) is 8.99. The molecule has 2 rings (SSSR count). The van der Waals surface area contributed by atoms with Crippen LogP contribution in [0.15, 0.2) is 0 Å². The predicted octanol–water partition coefficient (Wildman–Crippen LogP) is 1.76. The molecule has 1 amide bonds. The van der Waals surface area contributed by atoms with E-state index in [0.717, 1.165) is 39.1 Å².